The summed E-state index contributed by atoms with van der Waals surface area (Å²) in [4.78, 5) is 16.7. The lowest BCUT2D eigenvalue weighted by Gasteiger charge is -2.38. The highest BCUT2D eigenvalue weighted by atomic mass is 16.2. The predicted octanol–water partition coefficient (Wildman–Crippen LogP) is 1.06. The number of amides is 1. The molecule has 0 unspecified atom stereocenters. The molecule has 0 bridgehead atoms. The van der Waals surface area contributed by atoms with Crippen molar-refractivity contribution in [2.75, 3.05) is 26.2 Å². The summed E-state index contributed by atoms with van der Waals surface area (Å²) in [6, 6.07) is 0.375. The summed E-state index contributed by atoms with van der Waals surface area (Å²) in [6.45, 7) is 8.31. The zero-order valence-electron chi connectivity index (χ0n) is 11.8. The summed E-state index contributed by atoms with van der Waals surface area (Å²) < 4.78 is 0. The summed E-state index contributed by atoms with van der Waals surface area (Å²) in [5.74, 6) is 0.374. The molecule has 2 rings (SSSR count). The van der Waals surface area contributed by atoms with Crippen molar-refractivity contribution in [1.29, 1.82) is 0 Å². The van der Waals surface area contributed by atoms with Gasteiger partial charge in [-0.1, -0.05) is 13.8 Å². The Bertz CT molecular complexity index is 279. The molecule has 4 nitrogen and oxygen atoms in total. The van der Waals surface area contributed by atoms with Gasteiger partial charge < -0.3 is 15.5 Å². The van der Waals surface area contributed by atoms with Crippen LogP contribution in [0.15, 0.2) is 0 Å². The number of hydrogen-bond acceptors (Lipinski definition) is 3. The van der Waals surface area contributed by atoms with Gasteiger partial charge in [-0.3, -0.25) is 4.79 Å². The van der Waals surface area contributed by atoms with Gasteiger partial charge in [-0.05, 0) is 44.7 Å². The smallest absolute Gasteiger partial charge is 0.239 e. The van der Waals surface area contributed by atoms with Gasteiger partial charge in [-0.15, -0.1) is 0 Å². The van der Waals surface area contributed by atoms with Gasteiger partial charge >= 0.3 is 0 Å². The number of rotatable bonds is 3. The minimum Gasteiger partial charge on any atom is -0.341 e. The van der Waals surface area contributed by atoms with E-state index in [1.165, 1.54) is 25.9 Å². The van der Waals surface area contributed by atoms with E-state index in [-0.39, 0.29) is 17.9 Å². The lowest BCUT2D eigenvalue weighted by atomic mass is 9.99. The second kappa shape index (κ2) is 6.02. The van der Waals surface area contributed by atoms with E-state index in [0.717, 1.165) is 25.9 Å². The largest absolute Gasteiger partial charge is 0.341 e. The molecule has 2 heterocycles. The molecule has 2 N–H and O–H groups in total. The number of nitrogens with zero attached hydrogens (tertiary/aromatic N) is 2. The number of likely N-dealkylation sites (tertiary alicyclic amines) is 2. The van der Waals surface area contributed by atoms with Crippen LogP contribution in [-0.2, 0) is 4.79 Å². The van der Waals surface area contributed by atoms with Crippen molar-refractivity contribution >= 4 is 5.91 Å². The van der Waals surface area contributed by atoms with Gasteiger partial charge in [0, 0.05) is 19.1 Å². The Balaban J connectivity index is 1.80. The molecular formula is C14H27N3O. The van der Waals surface area contributed by atoms with Crippen LogP contribution >= 0.6 is 0 Å². The molecule has 2 fully saturated rings. The standard InChI is InChI=1S/C14H27N3O/c1-11(2)13(15)14(18)17-9-5-12(6-10-17)16-7-3-4-8-16/h11-13H,3-10,15H2,1-2H3/t13-/m1/s1. The first kappa shape index (κ1) is 13.8. The van der Waals surface area contributed by atoms with E-state index in [0.29, 0.717) is 6.04 Å². The Labute approximate surface area is 110 Å². The fourth-order valence-electron chi connectivity index (χ4n) is 3.05. The predicted molar refractivity (Wildman–Crippen MR) is 73.2 cm³/mol. The van der Waals surface area contributed by atoms with Crippen molar-refractivity contribution in [2.45, 2.75) is 51.6 Å². The second-order valence-electron chi connectivity index (χ2n) is 6.07. The maximum atomic E-state index is 12.2. The summed E-state index contributed by atoms with van der Waals surface area (Å²) in [5.41, 5.74) is 5.95. The molecule has 0 aliphatic carbocycles. The molecule has 0 aromatic carbocycles. The van der Waals surface area contributed by atoms with Crippen LogP contribution < -0.4 is 5.73 Å². The Hall–Kier alpha value is -0.610. The molecule has 0 radical (unpaired) electrons. The summed E-state index contributed by atoms with van der Waals surface area (Å²) in [5, 5.41) is 0. The Kier molecular flexibility index (Phi) is 4.62. The highest BCUT2D eigenvalue weighted by molar-refractivity contribution is 5.82. The molecule has 2 aliphatic rings. The Morgan fingerprint density at radius 3 is 2.17 bits per heavy atom. The Morgan fingerprint density at radius 2 is 1.67 bits per heavy atom. The van der Waals surface area contributed by atoms with E-state index in [9.17, 15) is 4.79 Å². The van der Waals surface area contributed by atoms with Crippen LogP contribution in [0.1, 0.15) is 39.5 Å². The van der Waals surface area contributed by atoms with Gasteiger partial charge in [-0.2, -0.15) is 0 Å². The van der Waals surface area contributed by atoms with E-state index in [4.69, 9.17) is 5.73 Å². The molecule has 2 saturated heterocycles. The normalized spacial score (nSPS) is 24.8. The zero-order valence-corrected chi connectivity index (χ0v) is 11.8. The van der Waals surface area contributed by atoms with E-state index in [2.05, 4.69) is 4.90 Å². The topological polar surface area (TPSA) is 49.6 Å². The molecule has 0 aromatic heterocycles. The van der Waals surface area contributed by atoms with Crippen LogP contribution in [0.4, 0.5) is 0 Å². The highest BCUT2D eigenvalue weighted by Gasteiger charge is 2.30. The number of hydrogen-bond donors (Lipinski definition) is 1. The number of piperidine rings is 1. The maximum absolute atomic E-state index is 12.2. The molecule has 1 atom stereocenters. The van der Waals surface area contributed by atoms with Gasteiger partial charge in [-0.25, -0.2) is 0 Å². The third-order valence-corrected chi connectivity index (χ3v) is 4.44. The Morgan fingerprint density at radius 1 is 1.11 bits per heavy atom. The van der Waals surface area contributed by atoms with Gasteiger partial charge in [0.05, 0.1) is 6.04 Å². The first-order chi connectivity index (χ1) is 8.59. The van der Waals surface area contributed by atoms with Crippen LogP contribution in [-0.4, -0.2) is 54.0 Å². The fourth-order valence-corrected chi connectivity index (χ4v) is 3.05. The molecule has 4 heteroatoms. The fraction of sp³-hybridized carbons (Fsp3) is 0.929. The molecule has 2 aliphatic heterocycles. The summed E-state index contributed by atoms with van der Waals surface area (Å²) in [7, 11) is 0. The third kappa shape index (κ3) is 3.04. The highest BCUT2D eigenvalue weighted by Crippen LogP contribution is 2.21. The molecule has 1 amide bonds. The monoisotopic (exact) mass is 253 g/mol. The average Bonchev–Trinajstić information content (AvgIpc) is 2.91. The minimum atomic E-state index is -0.326. The third-order valence-electron chi connectivity index (χ3n) is 4.44. The number of carbonyl (C=O) groups is 1. The van der Waals surface area contributed by atoms with Gasteiger partial charge in [0.2, 0.25) is 5.91 Å². The number of carbonyl (C=O) groups excluding carboxylic acids is 1. The van der Waals surface area contributed by atoms with E-state index < -0.39 is 0 Å². The molecule has 0 spiro atoms. The molecule has 0 aromatic rings. The first-order valence-corrected chi connectivity index (χ1v) is 7.38. The van der Waals surface area contributed by atoms with Crippen molar-refractivity contribution < 1.29 is 4.79 Å². The van der Waals surface area contributed by atoms with Gasteiger partial charge in [0.25, 0.3) is 0 Å². The minimum absolute atomic E-state index is 0.143. The van der Waals surface area contributed by atoms with Crippen LogP contribution in [0, 0.1) is 5.92 Å². The molecular weight excluding hydrogens is 226 g/mol. The van der Waals surface area contributed by atoms with Gasteiger partial charge in [0.1, 0.15) is 0 Å². The second-order valence-corrected chi connectivity index (χ2v) is 6.07. The van der Waals surface area contributed by atoms with Crippen LogP contribution in [0.2, 0.25) is 0 Å². The van der Waals surface area contributed by atoms with Crippen molar-refractivity contribution in [2.24, 2.45) is 11.7 Å². The summed E-state index contributed by atoms with van der Waals surface area (Å²) >= 11 is 0. The average molecular weight is 253 g/mol. The van der Waals surface area contributed by atoms with Crippen molar-refractivity contribution in [3.05, 3.63) is 0 Å². The lowest BCUT2D eigenvalue weighted by Crippen LogP contribution is -2.52. The summed E-state index contributed by atoms with van der Waals surface area (Å²) in [6.07, 6.45) is 4.93. The SMILES string of the molecule is CC(C)[C@@H](N)C(=O)N1CCC(N2CCCC2)CC1. The van der Waals surface area contributed by atoms with Crippen LogP contribution in [0.3, 0.4) is 0 Å². The van der Waals surface area contributed by atoms with Crippen LogP contribution in [0.25, 0.3) is 0 Å². The van der Waals surface area contributed by atoms with E-state index in [1.807, 2.05) is 18.7 Å². The van der Waals surface area contributed by atoms with E-state index >= 15 is 0 Å². The van der Waals surface area contributed by atoms with Crippen molar-refractivity contribution in [3.8, 4) is 0 Å². The van der Waals surface area contributed by atoms with Crippen LogP contribution in [0.5, 0.6) is 0 Å². The molecule has 0 saturated carbocycles. The molecule has 18 heavy (non-hydrogen) atoms. The number of nitrogens with two attached hydrogens (primary N) is 1. The first-order valence-electron chi connectivity index (χ1n) is 7.38. The van der Waals surface area contributed by atoms with Gasteiger partial charge in [0.15, 0.2) is 0 Å². The van der Waals surface area contributed by atoms with Crippen molar-refractivity contribution in [3.63, 3.8) is 0 Å². The zero-order chi connectivity index (χ0) is 13.1. The van der Waals surface area contributed by atoms with Crippen molar-refractivity contribution in [1.82, 2.24) is 9.80 Å². The lowest BCUT2D eigenvalue weighted by molar-refractivity contribution is -0.135. The van der Waals surface area contributed by atoms with E-state index in [1.54, 1.807) is 0 Å². The maximum Gasteiger partial charge on any atom is 0.239 e. The quantitative estimate of drug-likeness (QED) is 0.818. The molecule has 104 valence electrons.